The van der Waals surface area contributed by atoms with Crippen molar-refractivity contribution in [2.45, 2.75) is 32.4 Å². The number of anilines is 1. The molecule has 1 aromatic rings. The van der Waals surface area contributed by atoms with E-state index >= 15 is 0 Å². The molecular weight excluding hydrogens is 242 g/mol. The molecule has 1 fully saturated rings. The van der Waals surface area contributed by atoms with Crippen LogP contribution in [0.3, 0.4) is 0 Å². The number of hydrogen-bond acceptors (Lipinski definition) is 2. The molecule has 1 saturated heterocycles. The van der Waals surface area contributed by atoms with E-state index in [2.05, 4.69) is 10.6 Å². The lowest BCUT2D eigenvalue weighted by Gasteiger charge is -2.19. The number of rotatable bonds is 2. The molecule has 1 aromatic carbocycles. The zero-order valence-corrected chi connectivity index (χ0v) is 11.1. The Kier molecular flexibility index (Phi) is 2.69. The highest BCUT2D eigenvalue weighted by Gasteiger charge is 2.32. The van der Waals surface area contributed by atoms with Crippen molar-refractivity contribution < 1.29 is 9.59 Å². The Morgan fingerprint density at radius 3 is 2.79 bits per heavy atom. The van der Waals surface area contributed by atoms with E-state index in [9.17, 15) is 9.59 Å². The maximum atomic E-state index is 11.8. The lowest BCUT2D eigenvalue weighted by atomic mass is 10.0. The second-order valence-electron chi connectivity index (χ2n) is 5.39. The topological polar surface area (TPSA) is 61.4 Å². The fourth-order valence-corrected chi connectivity index (χ4v) is 2.66. The molecule has 1 unspecified atom stereocenters. The Labute approximate surface area is 112 Å². The Morgan fingerprint density at radius 2 is 2.11 bits per heavy atom. The predicted molar refractivity (Wildman–Crippen MR) is 71.9 cm³/mol. The summed E-state index contributed by atoms with van der Waals surface area (Å²) in [6, 6.07) is 6.09. The fraction of sp³-hybridized carbons (Fsp3) is 0.429. The van der Waals surface area contributed by atoms with Gasteiger partial charge in [-0.3, -0.25) is 4.79 Å². The summed E-state index contributed by atoms with van der Waals surface area (Å²) in [6.07, 6.45) is 0.428. The number of benzene rings is 1. The summed E-state index contributed by atoms with van der Waals surface area (Å²) >= 11 is 0. The highest BCUT2D eigenvalue weighted by molar-refractivity contribution is 5.99. The summed E-state index contributed by atoms with van der Waals surface area (Å²) in [5, 5.41) is 5.80. The van der Waals surface area contributed by atoms with Crippen molar-refractivity contribution in [2.24, 2.45) is 0 Å². The molecule has 5 nitrogen and oxygen atoms in total. The third-order valence-electron chi connectivity index (χ3n) is 3.72. The van der Waals surface area contributed by atoms with Crippen molar-refractivity contribution in [1.29, 1.82) is 0 Å². The molecule has 1 atom stereocenters. The highest BCUT2D eigenvalue weighted by atomic mass is 16.2. The molecule has 0 bridgehead atoms. The number of hydrogen-bond donors (Lipinski definition) is 2. The maximum Gasteiger partial charge on any atom is 0.318 e. The third-order valence-corrected chi connectivity index (χ3v) is 3.72. The van der Waals surface area contributed by atoms with Gasteiger partial charge in [0.15, 0.2) is 0 Å². The molecule has 0 aromatic heterocycles. The van der Waals surface area contributed by atoms with Crippen LogP contribution in [0.25, 0.3) is 0 Å². The second kappa shape index (κ2) is 4.26. The van der Waals surface area contributed by atoms with Crippen LogP contribution in [-0.4, -0.2) is 29.4 Å². The normalized spacial score (nSPS) is 21.6. The van der Waals surface area contributed by atoms with Crippen molar-refractivity contribution in [3.05, 3.63) is 29.3 Å². The van der Waals surface area contributed by atoms with Crippen molar-refractivity contribution in [2.75, 3.05) is 11.9 Å². The molecule has 3 rings (SSSR count). The van der Waals surface area contributed by atoms with Crippen LogP contribution in [0.15, 0.2) is 18.2 Å². The molecule has 0 saturated carbocycles. The van der Waals surface area contributed by atoms with E-state index in [1.165, 1.54) is 0 Å². The first kappa shape index (κ1) is 12.0. The summed E-state index contributed by atoms with van der Waals surface area (Å²) in [7, 11) is 0. The van der Waals surface area contributed by atoms with Gasteiger partial charge in [0, 0.05) is 18.3 Å². The molecule has 2 heterocycles. The molecule has 0 aliphatic carbocycles. The van der Waals surface area contributed by atoms with Crippen LogP contribution in [0.4, 0.5) is 10.5 Å². The summed E-state index contributed by atoms with van der Waals surface area (Å²) in [4.78, 5) is 25.0. The van der Waals surface area contributed by atoms with Gasteiger partial charge in [-0.15, -0.1) is 0 Å². The van der Waals surface area contributed by atoms with Gasteiger partial charge in [-0.05, 0) is 31.0 Å². The van der Waals surface area contributed by atoms with Gasteiger partial charge in [0.1, 0.15) is 0 Å². The summed E-state index contributed by atoms with van der Waals surface area (Å²) in [6.45, 7) is 4.69. The molecule has 0 spiro atoms. The van der Waals surface area contributed by atoms with E-state index in [-0.39, 0.29) is 24.0 Å². The van der Waals surface area contributed by atoms with Crippen LogP contribution in [0, 0.1) is 0 Å². The minimum absolute atomic E-state index is 0.0101. The van der Waals surface area contributed by atoms with Gasteiger partial charge in [0.2, 0.25) is 5.91 Å². The van der Waals surface area contributed by atoms with Gasteiger partial charge >= 0.3 is 6.03 Å². The van der Waals surface area contributed by atoms with Crippen molar-refractivity contribution in [1.82, 2.24) is 10.2 Å². The molecule has 5 heteroatoms. The van der Waals surface area contributed by atoms with Crippen LogP contribution in [0.2, 0.25) is 0 Å². The van der Waals surface area contributed by atoms with Gasteiger partial charge in [-0.2, -0.15) is 0 Å². The summed E-state index contributed by atoms with van der Waals surface area (Å²) < 4.78 is 0. The first-order valence-corrected chi connectivity index (χ1v) is 6.54. The number of nitrogens with zero attached hydrogens (tertiary/aromatic N) is 1. The average Bonchev–Trinajstić information content (AvgIpc) is 2.89. The molecule has 2 aliphatic heterocycles. The lowest BCUT2D eigenvalue weighted by Crippen LogP contribution is -2.33. The highest BCUT2D eigenvalue weighted by Crippen LogP contribution is 2.28. The van der Waals surface area contributed by atoms with Gasteiger partial charge in [-0.25, -0.2) is 4.79 Å². The third kappa shape index (κ3) is 2.05. The molecule has 19 heavy (non-hydrogen) atoms. The first-order chi connectivity index (χ1) is 9.04. The van der Waals surface area contributed by atoms with E-state index in [1.807, 2.05) is 36.9 Å². The number of fused-ring (bicyclic) bond motifs is 1. The van der Waals surface area contributed by atoms with Gasteiger partial charge in [-0.1, -0.05) is 12.1 Å². The molecule has 2 aliphatic rings. The van der Waals surface area contributed by atoms with Crippen LogP contribution >= 0.6 is 0 Å². The Bertz CT molecular complexity index is 554. The van der Waals surface area contributed by atoms with Crippen LogP contribution < -0.4 is 10.6 Å². The van der Waals surface area contributed by atoms with Crippen molar-refractivity contribution in [3.63, 3.8) is 0 Å². The van der Waals surface area contributed by atoms with Crippen LogP contribution in [-0.2, 0) is 11.2 Å². The Hall–Kier alpha value is -2.04. The predicted octanol–water partition coefficient (Wildman–Crippen LogP) is 1.66. The quantitative estimate of drug-likeness (QED) is 0.848. The zero-order chi connectivity index (χ0) is 13.6. The molecule has 100 valence electrons. The fourth-order valence-electron chi connectivity index (χ4n) is 2.66. The monoisotopic (exact) mass is 259 g/mol. The summed E-state index contributed by atoms with van der Waals surface area (Å²) in [5.74, 6) is 0.0337. The number of amides is 3. The number of nitrogens with one attached hydrogen (secondary N) is 2. The maximum absolute atomic E-state index is 11.8. The van der Waals surface area contributed by atoms with Crippen molar-refractivity contribution >= 4 is 17.6 Å². The molecule has 3 amide bonds. The van der Waals surface area contributed by atoms with E-state index in [4.69, 9.17) is 0 Å². The van der Waals surface area contributed by atoms with E-state index in [0.717, 1.165) is 16.8 Å². The zero-order valence-electron chi connectivity index (χ0n) is 11.1. The SMILES string of the molecule is CC(C)N1CC(c2ccc3c(c2)CC(=O)N3)NC1=O. The Morgan fingerprint density at radius 1 is 1.32 bits per heavy atom. The standard InChI is InChI=1S/C14H17N3O2/c1-8(2)17-7-12(16-14(17)19)9-3-4-11-10(5-9)6-13(18)15-11/h3-5,8,12H,6-7H2,1-2H3,(H,15,18)(H,16,19). The number of urea groups is 1. The van der Waals surface area contributed by atoms with Crippen LogP contribution in [0.5, 0.6) is 0 Å². The number of carbonyl (C=O) groups is 2. The van der Waals surface area contributed by atoms with Crippen LogP contribution in [0.1, 0.15) is 31.0 Å². The minimum Gasteiger partial charge on any atom is -0.329 e. The van der Waals surface area contributed by atoms with Crippen molar-refractivity contribution in [3.8, 4) is 0 Å². The van der Waals surface area contributed by atoms with E-state index in [0.29, 0.717) is 13.0 Å². The summed E-state index contributed by atoms with van der Waals surface area (Å²) in [5.41, 5.74) is 2.96. The average molecular weight is 259 g/mol. The minimum atomic E-state index is -0.0188. The van der Waals surface area contributed by atoms with E-state index < -0.39 is 0 Å². The molecular formula is C14H17N3O2. The lowest BCUT2D eigenvalue weighted by molar-refractivity contribution is -0.115. The molecule has 0 radical (unpaired) electrons. The van der Waals surface area contributed by atoms with Gasteiger partial charge in [0.05, 0.1) is 12.5 Å². The number of carbonyl (C=O) groups excluding carboxylic acids is 2. The Balaban J connectivity index is 1.83. The molecule has 2 N–H and O–H groups in total. The first-order valence-electron chi connectivity index (χ1n) is 6.54. The smallest absolute Gasteiger partial charge is 0.318 e. The van der Waals surface area contributed by atoms with Gasteiger partial charge in [0.25, 0.3) is 0 Å². The van der Waals surface area contributed by atoms with E-state index in [1.54, 1.807) is 0 Å². The largest absolute Gasteiger partial charge is 0.329 e. The van der Waals surface area contributed by atoms with Gasteiger partial charge < -0.3 is 15.5 Å². The second-order valence-corrected chi connectivity index (χ2v) is 5.39.